The van der Waals surface area contributed by atoms with Gasteiger partial charge in [-0.2, -0.15) is 0 Å². The summed E-state index contributed by atoms with van der Waals surface area (Å²) in [4.78, 5) is 10.4. The fraction of sp³-hybridized carbons (Fsp3) is 0.400. The van der Waals surface area contributed by atoms with Crippen molar-refractivity contribution in [2.45, 2.75) is 26.7 Å². The average Bonchev–Trinajstić information content (AvgIpc) is 2.15. The first-order valence-corrected chi connectivity index (χ1v) is 4.59. The molecule has 0 amide bonds. The van der Waals surface area contributed by atoms with Gasteiger partial charge in [0.15, 0.2) is 0 Å². The Morgan fingerprint density at radius 3 is 2.00 bits per heavy atom. The van der Waals surface area contributed by atoms with Gasteiger partial charge in [0.2, 0.25) is 0 Å². The highest BCUT2D eigenvalue weighted by Gasteiger charge is 2.18. The number of nitro groups is 1. The molecule has 0 fully saturated rings. The normalized spacial score (nSPS) is 10.1. The van der Waals surface area contributed by atoms with Gasteiger partial charge in [-0.25, -0.2) is 0 Å². The minimum atomic E-state index is -0.378. The Labute approximate surface area is 82.3 Å². The van der Waals surface area contributed by atoms with Gasteiger partial charge in [0.05, 0.1) is 4.92 Å². The van der Waals surface area contributed by atoms with Gasteiger partial charge in [-0.15, -0.1) is 0 Å². The highest BCUT2D eigenvalue weighted by molar-refractivity contribution is 5.52. The summed E-state index contributed by atoms with van der Waals surface area (Å²) in [5.41, 5.74) is 1.33. The molecule has 1 N–H and O–H groups in total. The van der Waals surface area contributed by atoms with Gasteiger partial charge in [0.1, 0.15) is 5.75 Å². The van der Waals surface area contributed by atoms with Crippen LogP contribution >= 0.6 is 0 Å². The molecule has 0 atom stereocenters. The van der Waals surface area contributed by atoms with E-state index in [1.165, 1.54) is 12.1 Å². The minimum absolute atomic E-state index is 0.101. The van der Waals surface area contributed by atoms with E-state index in [-0.39, 0.29) is 16.4 Å². The van der Waals surface area contributed by atoms with E-state index in [4.69, 9.17) is 0 Å². The number of rotatable bonds is 3. The van der Waals surface area contributed by atoms with E-state index in [1.54, 1.807) is 0 Å². The standard InChI is InChI=1S/C10H13NO3/c1-3-7-5-9(12)6-8(4-2)10(7)11(13)14/h5-6,12H,3-4H2,1-2H3. The second-order valence-electron chi connectivity index (χ2n) is 3.08. The van der Waals surface area contributed by atoms with E-state index in [9.17, 15) is 15.2 Å². The number of phenolic OH excluding ortho intramolecular Hbond substituents is 1. The summed E-state index contributed by atoms with van der Waals surface area (Å²) >= 11 is 0. The predicted octanol–water partition coefficient (Wildman–Crippen LogP) is 2.43. The topological polar surface area (TPSA) is 63.4 Å². The molecule has 0 radical (unpaired) electrons. The van der Waals surface area contributed by atoms with Gasteiger partial charge < -0.3 is 5.11 Å². The van der Waals surface area contributed by atoms with E-state index in [1.807, 2.05) is 13.8 Å². The van der Waals surface area contributed by atoms with Gasteiger partial charge >= 0.3 is 0 Å². The molecular formula is C10H13NO3. The average molecular weight is 195 g/mol. The molecule has 0 aliphatic heterocycles. The molecule has 76 valence electrons. The third-order valence-corrected chi connectivity index (χ3v) is 2.20. The molecule has 0 aliphatic rings. The zero-order valence-electron chi connectivity index (χ0n) is 8.28. The summed E-state index contributed by atoms with van der Waals surface area (Å²) in [6, 6.07) is 2.91. The molecule has 4 nitrogen and oxygen atoms in total. The van der Waals surface area contributed by atoms with Crippen LogP contribution in [0.15, 0.2) is 12.1 Å². The van der Waals surface area contributed by atoms with Crippen LogP contribution in [-0.4, -0.2) is 10.0 Å². The van der Waals surface area contributed by atoms with Crippen molar-refractivity contribution >= 4 is 5.69 Å². The molecule has 0 spiro atoms. The van der Waals surface area contributed by atoms with Gasteiger partial charge in [0, 0.05) is 11.1 Å². The van der Waals surface area contributed by atoms with Crippen LogP contribution in [0, 0.1) is 10.1 Å². The maximum absolute atomic E-state index is 10.8. The summed E-state index contributed by atoms with van der Waals surface area (Å²) in [5.74, 6) is 0.101. The Hall–Kier alpha value is -1.58. The number of nitro benzene ring substituents is 1. The molecule has 0 heterocycles. The Morgan fingerprint density at radius 1 is 1.29 bits per heavy atom. The van der Waals surface area contributed by atoms with Crippen molar-refractivity contribution in [2.24, 2.45) is 0 Å². The lowest BCUT2D eigenvalue weighted by molar-refractivity contribution is -0.386. The van der Waals surface area contributed by atoms with Crippen molar-refractivity contribution in [1.82, 2.24) is 0 Å². The van der Waals surface area contributed by atoms with E-state index >= 15 is 0 Å². The van der Waals surface area contributed by atoms with E-state index in [2.05, 4.69) is 0 Å². The second kappa shape index (κ2) is 4.09. The third-order valence-electron chi connectivity index (χ3n) is 2.20. The number of benzene rings is 1. The van der Waals surface area contributed by atoms with Crippen LogP contribution in [0.3, 0.4) is 0 Å². The lowest BCUT2D eigenvalue weighted by Crippen LogP contribution is -1.99. The SMILES string of the molecule is CCc1cc(O)cc(CC)c1[N+](=O)[O-]. The number of phenols is 1. The van der Waals surface area contributed by atoms with E-state index in [0.29, 0.717) is 24.0 Å². The maximum Gasteiger partial charge on any atom is 0.275 e. The summed E-state index contributed by atoms with van der Waals surface area (Å²) in [6.07, 6.45) is 1.11. The summed E-state index contributed by atoms with van der Waals surface area (Å²) < 4.78 is 0. The number of aryl methyl sites for hydroxylation is 2. The van der Waals surface area contributed by atoms with Crippen LogP contribution in [0.1, 0.15) is 25.0 Å². The summed E-state index contributed by atoms with van der Waals surface area (Å²) in [7, 11) is 0. The minimum Gasteiger partial charge on any atom is -0.508 e. The van der Waals surface area contributed by atoms with Crippen LogP contribution < -0.4 is 0 Å². The first kappa shape index (κ1) is 10.5. The fourth-order valence-electron chi connectivity index (χ4n) is 1.52. The molecule has 0 aromatic heterocycles. The first-order chi connectivity index (χ1) is 6.60. The monoisotopic (exact) mass is 195 g/mol. The predicted molar refractivity (Wildman–Crippen MR) is 53.5 cm³/mol. The summed E-state index contributed by atoms with van der Waals surface area (Å²) in [5, 5.41) is 20.1. The Bertz CT molecular complexity index is 335. The van der Waals surface area contributed by atoms with Crippen LogP contribution in [0.2, 0.25) is 0 Å². The molecule has 14 heavy (non-hydrogen) atoms. The Morgan fingerprint density at radius 2 is 1.71 bits per heavy atom. The molecule has 1 rings (SSSR count). The molecular weight excluding hydrogens is 182 g/mol. The van der Waals surface area contributed by atoms with Gasteiger partial charge in [-0.1, -0.05) is 13.8 Å². The van der Waals surface area contributed by atoms with Gasteiger partial charge in [-0.05, 0) is 25.0 Å². The molecule has 1 aromatic rings. The molecule has 0 unspecified atom stereocenters. The number of hydrogen-bond donors (Lipinski definition) is 1. The Balaban J connectivity index is 3.40. The van der Waals surface area contributed by atoms with Crippen LogP contribution in [0.25, 0.3) is 0 Å². The molecule has 1 aromatic carbocycles. The Kier molecular flexibility index (Phi) is 3.06. The zero-order chi connectivity index (χ0) is 10.7. The van der Waals surface area contributed by atoms with Crippen molar-refractivity contribution in [1.29, 1.82) is 0 Å². The smallest absolute Gasteiger partial charge is 0.275 e. The zero-order valence-corrected chi connectivity index (χ0v) is 8.28. The van der Waals surface area contributed by atoms with Gasteiger partial charge in [-0.3, -0.25) is 10.1 Å². The molecule has 0 saturated heterocycles. The van der Waals surface area contributed by atoms with Crippen molar-refractivity contribution < 1.29 is 10.0 Å². The van der Waals surface area contributed by atoms with Crippen LogP contribution in [0.5, 0.6) is 5.75 Å². The maximum atomic E-state index is 10.8. The second-order valence-corrected chi connectivity index (χ2v) is 3.08. The molecule has 0 bridgehead atoms. The molecule has 0 aliphatic carbocycles. The quantitative estimate of drug-likeness (QED) is 0.595. The molecule has 4 heteroatoms. The van der Waals surface area contributed by atoms with E-state index < -0.39 is 0 Å². The summed E-state index contributed by atoms with van der Waals surface area (Å²) in [6.45, 7) is 3.67. The number of nitrogens with zero attached hydrogens (tertiary/aromatic N) is 1. The highest BCUT2D eigenvalue weighted by atomic mass is 16.6. The van der Waals surface area contributed by atoms with E-state index in [0.717, 1.165) is 0 Å². The fourth-order valence-corrected chi connectivity index (χ4v) is 1.52. The first-order valence-electron chi connectivity index (χ1n) is 4.59. The van der Waals surface area contributed by atoms with Crippen molar-refractivity contribution in [3.8, 4) is 5.75 Å². The number of hydrogen-bond acceptors (Lipinski definition) is 3. The lowest BCUT2D eigenvalue weighted by atomic mass is 10.0. The largest absolute Gasteiger partial charge is 0.508 e. The molecule has 0 saturated carbocycles. The van der Waals surface area contributed by atoms with Gasteiger partial charge in [0.25, 0.3) is 5.69 Å². The van der Waals surface area contributed by atoms with Crippen LogP contribution in [0.4, 0.5) is 5.69 Å². The van der Waals surface area contributed by atoms with Crippen LogP contribution in [-0.2, 0) is 12.8 Å². The van der Waals surface area contributed by atoms with Crippen molar-refractivity contribution in [3.05, 3.63) is 33.4 Å². The van der Waals surface area contributed by atoms with Crippen molar-refractivity contribution in [2.75, 3.05) is 0 Å². The number of aromatic hydroxyl groups is 1. The highest BCUT2D eigenvalue weighted by Crippen LogP contribution is 2.29. The lowest BCUT2D eigenvalue weighted by Gasteiger charge is -2.05. The third kappa shape index (κ3) is 1.84. The van der Waals surface area contributed by atoms with Crippen molar-refractivity contribution in [3.63, 3.8) is 0 Å².